The quantitative estimate of drug-likeness (QED) is 0.880. The molecule has 3 heterocycles. The Hall–Kier alpha value is -1.73. The molecule has 0 aliphatic carbocycles. The van der Waals surface area contributed by atoms with E-state index in [-0.39, 0.29) is 12.2 Å². The van der Waals surface area contributed by atoms with Gasteiger partial charge in [0.05, 0.1) is 24.0 Å². The first-order chi connectivity index (χ1) is 12.1. The van der Waals surface area contributed by atoms with Crippen LogP contribution in [-0.2, 0) is 11.3 Å². The van der Waals surface area contributed by atoms with Crippen LogP contribution in [0.5, 0.6) is 0 Å². The van der Waals surface area contributed by atoms with Crippen LogP contribution in [0, 0.1) is 0 Å². The van der Waals surface area contributed by atoms with Gasteiger partial charge in [-0.05, 0) is 36.6 Å². The Balaban J connectivity index is 1.37. The number of piperidine rings is 1. The molecule has 2 aromatic rings. The molecular weight excluding hydrogens is 318 g/mol. The number of nitrogens with zero attached hydrogens (tertiary/aromatic N) is 3. The third-order valence-corrected chi connectivity index (χ3v) is 5.44. The van der Waals surface area contributed by atoms with Crippen molar-refractivity contribution >= 4 is 0 Å². The largest absolute Gasteiger partial charge is 0.390 e. The lowest BCUT2D eigenvalue weighted by molar-refractivity contribution is -0.188. The van der Waals surface area contributed by atoms with E-state index >= 15 is 0 Å². The van der Waals surface area contributed by atoms with Crippen LogP contribution in [-0.4, -0.2) is 62.4 Å². The highest BCUT2D eigenvalue weighted by Gasteiger charge is 2.42. The standard InChI is InChI=1S/C19H25N3O3/c23-17-12-19(25-14-18(17)24)5-9-21(10-6-19)13-15-3-1-4-16(11-15)22-8-2-7-20-22/h1-4,7-8,11,17-18,23-24H,5-6,9-10,12-14H2/t17-,18+/m1/s1. The Bertz CT molecular complexity index is 696. The number of likely N-dealkylation sites (tertiary alicyclic amines) is 1. The van der Waals surface area contributed by atoms with Crippen LogP contribution in [0.2, 0.25) is 0 Å². The van der Waals surface area contributed by atoms with Gasteiger partial charge in [0, 0.05) is 38.4 Å². The van der Waals surface area contributed by atoms with Gasteiger partial charge in [-0.1, -0.05) is 12.1 Å². The van der Waals surface area contributed by atoms with Crippen LogP contribution >= 0.6 is 0 Å². The molecule has 1 aromatic heterocycles. The number of rotatable bonds is 3. The molecule has 6 heteroatoms. The van der Waals surface area contributed by atoms with Gasteiger partial charge in [-0.25, -0.2) is 4.68 Å². The lowest BCUT2D eigenvalue weighted by Gasteiger charge is -2.46. The molecule has 0 bridgehead atoms. The van der Waals surface area contributed by atoms with Crippen molar-refractivity contribution in [2.45, 2.75) is 43.6 Å². The molecule has 4 rings (SSSR count). The minimum Gasteiger partial charge on any atom is -0.390 e. The molecular formula is C19H25N3O3. The average molecular weight is 343 g/mol. The van der Waals surface area contributed by atoms with Crippen molar-refractivity contribution in [1.82, 2.24) is 14.7 Å². The molecule has 0 saturated carbocycles. The lowest BCUT2D eigenvalue weighted by Crippen LogP contribution is -2.54. The van der Waals surface area contributed by atoms with Gasteiger partial charge < -0.3 is 14.9 Å². The molecule has 2 N–H and O–H groups in total. The van der Waals surface area contributed by atoms with Gasteiger partial charge in [0.1, 0.15) is 6.10 Å². The number of hydrogen-bond acceptors (Lipinski definition) is 5. The first-order valence-electron chi connectivity index (χ1n) is 8.95. The number of benzene rings is 1. The number of aliphatic hydroxyl groups is 2. The predicted octanol–water partition coefficient (Wildman–Crippen LogP) is 1.35. The van der Waals surface area contributed by atoms with E-state index in [1.54, 1.807) is 6.20 Å². The molecule has 25 heavy (non-hydrogen) atoms. The second-order valence-corrected chi connectivity index (χ2v) is 7.23. The van der Waals surface area contributed by atoms with E-state index in [1.165, 1.54) is 5.56 Å². The summed E-state index contributed by atoms with van der Waals surface area (Å²) in [6, 6.07) is 10.4. The zero-order chi connectivity index (χ0) is 17.3. The highest BCUT2D eigenvalue weighted by Crippen LogP contribution is 2.35. The summed E-state index contributed by atoms with van der Waals surface area (Å²) in [4.78, 5) is 2.42. The van der Waals surface area contributed by atoms with E-state index < -0.39 is 12.2 Å². The highest BCUT2D eigenvalue weighted by atomic mass is 16.5. The van der Waals surface area contributed by atoms with Crippen molar-refractivity contribution in [1.29, 1.82) is 0 Å². The van der Waals surface area contributed by atoms with Crippen LogP contribution in [0.15, 0.2) is 42.7 Å². The zero-order valence-corrected chi connectivity index (χ0v) is 14.3. The summed E-state index contributed by atoms with van der Waals surface area (Å²) in [7, 11) is 0. The van der Waals surface area contributed by atoms with E-state index in [1.807, 2.05) is 16.9 Å². The number of hydrogen-bond donors (Lipinski definition) is 2. The molecule has 2 atom stereocenters. The van der Waals surface area contributed by atoms with Crippen molar-refractivity contribution in [3.05, 3.63) is 48.3 Å². The second kappa shape index (κ2) is 6.88. The molecule has 134 valence electrons. The Morgan fingerprint density at radius 1 is 1.16 bits per heavy atom. The van der Waals surface area contributed by atoms with Crippen LogP contribution in [0.1, 0.15) is 24.8 Å². The van der Waals surface area contributed by atoms with Crippen LogP contribution < -0.4 is 0 Å². The number of aromatic nitrogens is 2. The van der Waals surface area contributed by atoms with Crippen LogP contribution in [0.3, 0.4) is 0 Å². The van der Waals surface area contributed by atoms with Crippen molar-refractivity contribution in [3.63, 3.8) is 0 Å². The lowest BCUT2D eigenvalue weighted by atomic mass is 9.82. The maximum absolute atomic E-state index is 9.97. The molecule has 1 spiro atoms. The minimum absolute atomic E-state index is 0.243. The molecule has 0 unspecified atom stereocenters. The average Bonchev–Trinajstić information content (AvgIpc) is 3.16. The van der Waals surface area contributed by atoms with Gasteiger partial charge >= 0.3 is 0 Å². The smallest absolute Gasteiger partial charge is 0.103 e. The SMILES string of the molecule is O[C@@H]1CC2(CCN(Cc3cccc(-n4cccn4)c3)CC2)OC[C@@H]1O. The Morgan fingerprint density at radius 3 is 2.72 bits per heavy atom. The summed E-state index contributed by atoms with van der Waals surface area (Å²) < 4.78 is 7.78. The van der Waals surface area contributed by atoms with Gasteiger partial charge in [0.15, 0.2) is 0 Å². The Labute approximate surface area is 147 Å². The molecule has 0 radical (unpaired) electrons. The number of ether oxygens (including phenoxy) is 1. The fourth-order valence-electron chi connectivity index (χ4n) is 3.89. The van der Waals surface area contributed by atoms with Gasteiger partial charge in [0.2, 0.25) is 0 Å². The van der Waals surface area contributed by atoms with Crippen molar-refractivity contribution in [3.8, 4) is 5.69 Å². The zero-order valence-electron chi connectivity index (χ0n) is 14.3. The molecule has 2 saturated heterocycles. The Kier molecular flexibility index (Phi) is 4.60. The van der Waals surface area contributed by atoms with E-state index in [0.717, 1.165) is 38.2 Å². The third-order valence-electron chi connectivity index (χ3n) is 5.44. The normalized spacial score (nSPS) is 26.8. The summed E-state index contributed by atoms with van der Waals surface area (Å²) >= 11 is 0. The van der Waals surface area contributed by atoms with Gasteiger partial charge in [0.25, 0.3) is 0 Å². The molecule has 6 nitrogen and oxygen atoms in total. The van der Waals surface area contributed by atoms with Crippen molar-refractivity contribution in [2.75, 3.05) is 19.7 Å². The maximum atomic E-state index is 9.97. The van der Waals surface area contributed by atoms with Gasteiger partial charge in [-0.15, -0.1) is 0 Å². The van der Waals surface area contributed by atoms with E-state index in [0.29, 0.717) is 6.42 Å². The fraction of sp³-hybridized carbons (Fsp3) is 0.526. The summed E-state index contributed by atoms with van der Waals surface area (Å²) in [6.07, 6.45) is 4.66. The molecule has 0 amide bonds. The van der Waals surface area contributed by atoms with E-state index in [2.05, 4.69) is 34.3 Å². The topological polar surface area (TPSA) is 70.8 Å². The first-order valence-corrected chi connectivity index (χ1v) is 8.95. The molecule has 2 aliphatic heterocycles. The molecule has 2 aliphatic rings. The van der Waals surface area contributed by atoms with E-state index in [9.17, 15) is 10.2 Å². The van der Waals surface area contributed by atoms with Crippen molar-refractivity contribution in [2.24, 2.45) is 0 Å². The monoisotopic (exact) mass is 343 g/mol. The Morgan fingerprint density at radius 2 is 2.00 bits per heavy atom. The summed E-state index contributed by atoms with van der Waals surface area (Å²) in [5, 5.41) is 23.9. The van der Waals surface area contributed by atoms with Gasteiger partial charge in [-0.2, -0.15) is 5.10 Å². The summed E-state index contributed by atoms with van der Waals surface area (Å²) in [6.45, 7) is 3.02. The molecule has 2 fully saturated rings. The fourth-order valence-corrected chi connectivity index (χ4v) is 3.89. The first kappa shape index (κ1) is 16.7. The van der Waals surface area contributed by atoms with Crippen molar-refractivity contribution < 1.29 is 14.9 Å². The maximum Gasteiger partial charge on any atom is 0.103 e. The summed E-state index contributed by atoms with van der Waals surface area (Å²) in [5.41, 5.74) is 2.08. The predicted molar refractivity (Wildman–Crippen MR) is 93.4 cm³/mol. The third kappa shape index (κ3) is 3.62. The molecule has 1 aromatic carbocycles. The van der Waals surface area contributed by atoms with E-state index in [4.69, 9.17) is 4.74 Å². The minimum atomic E-state index is -0.742. The van der Waals surface area contributed by atoms with Crippen LogP contribution in [0.25, 0.3) is 5.69 Å². The summed E-state index contributed by atoms with van der Waals surface area (Å²) in [5.74, 6) is 0. The second-order valence-electron chi connectivity index (χ2n) is 7.23. The number of aliphatic hydroxyl groups excluding tert-OH is 2. The van der Waals surface area contributed by atoms with Gasteiger partial charge in [-0.3, -0.25) is 4.90 Å². The highest BCUT2D eigenvalue weighted by molar-refractivity contribution is 5.35. The van der Waals surface area contributed by atoms with Crippen LogP contribution in [0.4, 0.5) is 0 Å².